The molecule has 6 aromatic rings. The fraction of sp³-hybridized carbons (Fsp3) is 0.186. The highest BCUT2D eigenvalue weighted by molar-refractivity contribution is 6.09. The zero-order chi connectivity index (χ0) is 34.3. The third-order valence-corrected chi connectivity index (χ3v) is 8.95. The number of carbonyl (C=O) groups excluding carboxylic acids is 2. The number of hydrogen-bond donors (Lipinski definition) is 2. The van der Waals surface area contributed by atoms with Crippen molar-refractivity contribution in [3.8, 4) is 0 Å². The van der Waals surface area contributed by atoms with Crippen molar-refractivity contribution >= 4 is 17.5 Å². The molecule has 0 saturated carbocycles. The number of hydrogen-bond acceptors (Lipinski definition) is 3. The summed E-state index contributed by atoms with van der Waals surface area (Å²) in [4.78, 5) is 31.3. The van der Waals surface area contributed by atoms with Gasteiger partial charge in [-0.2, -0.15) is 0 Å². The molecule has 0 aliphatic rings. The fourth-order valence-corrected chi connectivity index (χ4v) is 6.43. The van der Waals surface area contributed by atoms with E-state index < -0.39 is 5.54 Å². The van der Waals surface area contributed by atoms with E-state index in [-0.39, 0.29) is 17.2 Å². The highest BCUT2D eigenvalue weighted by Crippen LogP contribution is 2.41. The maximum atomic E-state index is 13.4. The zero-order valence-electron chi connectivity index (χ0n) is 28.3. The van der Waals surface area contributed by atoms with Gasteiger partial charge in [0.2, 0.25) is 0 Å². The van der Waals surface area contributed by atoms with Crippen LogP contribution in [-0.4, -0.2) is 27.9 Å². The Bertz CT molecular complexity index is 1900. The van der Waals surface area contributed by atoms with E-state index in [1.54, 1.807) is 18.2 Å². The minimum atomic E-state index is -0.650. The van der Waals surface area contributed by atoms with Gasteiger partial charge in [0.15, 0.2) is 0 Å². The van der Waals surface area contributed by atoms with Gasteiger partial charge >= 0.3 is 0 Å². The first-order valence-electron chi connectivity index (χ1n) is 16.8. The van der Waals surface area contributed by atoms with Crippen LogP contribution in [0.25, 0.3) is 0 Å². The van der Waals surface area contributed by atoms with E-state index in [0.29, 0.717) is 36.2 Å². The third-order valence-electron chi connectivity index (χ3n) is 8.95. The summed E-state index contributed by atoms with van der Waals surface area (Å²) in [5.74, 6) is 0.414. The van der Waals surface area contributed by atoms with E-state index in [4.69, 9.17) is 4.98 Å². The molecule has 0 fully saturated rings. The second-order valence-corrected chi connectivity index (χ2v) is 13.2. The van der Waals surface area contributed by atoms with E-state index in [1.807, 2.05) is 54.7 Å². The Balaban J connectivity index is 1.19. The Hall–Kier alpha value is -5.75. The Morgan fingerprint density at radius 2 is 1.16 bits per heavy atom. The van der Waals surface area contributed by atoms with Crippen LogP contribution in [0.2, 0.25) is 0 Å². The van der Waals surface area contributed by atoms with Crippen molar-refractivity contribution in [1.82, 2.24) is 14.9 Å². The first-order valence-corrected chi connectivity index (χ1v) is 16.8. The van der Waals surface area contributed by atoms with Gasteiger partial charge in [-0.25, -0.2) is 4.98 Å². The van der Waals surface area contributed by atoms with E-state index in [2.05, 4.69) is 115 Å². The number of nitrogens with one attached hydrogen (secondary N) is 2. The fourth-order valence-electron chi connectivity index (χ4n) is 6.43. The lowest BCUT2D eigenvalue weighted by atomic mass is 9.76. The lowest BCUT2D eigenvalue weighted by Crippen LogP contribution is -2.38. The molecule has 0 unspecified atom stereocenters. The van der Waals surface area contributed by atoms with Gasteiger partial charge in [0.1, 0.15) is 11.4 Å². The average molecular weight is 647 g/mol. The Morgan fingerprint density at radius 3 is 1.71 bits per heavy atom. The van der Waals surface area contributed by atoms with Crippen LogP contribution in [0.4, 0.5) is 5.69 Å². The number of imidazole rings is 1. The minimum Gasteiger partial charge on any atom is -0.352 e. The number of aromatic nitrogens is 2. The number of para-hydroxylation sites is 1. The number of aryl methyl sites for hydroxylation is 1. The van der Waals surface area contributed by atoms with E-state index in [1.165, 1.54) is 0 Å². The number of rotatable bonds is 11. The lowest BCUT2D eigenvalue weighted by Gasteiger charge is -2.38. The van der Waals surface area contributed by atoms with Crippen LogP contribution in [0, 0.1) is 0 Å². The Morgan fingerprint density at radius 1 is 0.633 bits per heavy atom. The van der Waals surface area contributed by atoms with Crippen LogP contribution >= 0.6 is 0 Å². The SMILES string of the molecule is CC(C)(C)c1ccc(C(=O)Nc2ccccc2C(=O)NCCCc2nccn2C(c2ccccc2)(c2ccccc2)c2ccccc2)cc1. The van der Waals surface area contributed by atoms with Crippen molar-refractivity contribution in [3.63, 3.8) is 0 Å². The van der Waals surface area contributed by atoms with Gasteiger partial charge in [0.05, 0.1) is 11.3 Å². The Labute approximate surface area is 288 Å². The molecule has 6 heteroatoms. The molecule has 6 rings (SSSR count). The van der Waals surface area contributed by atoms with Crippen LogP contribution < -0.4 is 10.6 Å². The quantitative estimate of drug-likeness (QED) is 0.109. The summed E-state index contributed by atoms with van der Waals surface area (Å²) in [6, 6.07) is 46.3. The highest BCUT2D eigenvalue weighted by Gasteiger charge is 2.39. The minimum absolute atomic E-state index is 0.00629. The summed E-state index contributed by atoms with van der Waals surface area (Å²) in [5.41, 5.74) is 5.31. The molecule has 49 heavy (non-hydrogen) atoms. The van der Waals surface area contributed by atoms with Crippen molar-refractivity contribution < 1.29 is 9.59 Å². The summed E-state index contributed by atoms with van der Waals surface area (Å²) >= 11 is 0. The number of carbonyl (C=O) groups is 2. The Kier molecular flexibility index (Phi) is 9.86. The molecule has 0 atom stereocenters. The van der Waals surface area contributed by atoms with E-state index in [9.17, 15) is 9.59 Å². The molecule has 0 aliphatic heterocycles. The first kappa shape index (κ1) is 33.2. The van der Waals surface area contributed by atoms with Crippen LogP contribution in [0.1, 0.15) is 76.0 Å². The lowest BCUT2D eigenvalue weighted by molar-refractivity contribution is 0.0954. The van der Waals surface area contributed by atoms with Crippen molar-refractivity contribution in [1.29, 1.82) is 0 Å². The van der Waals surface area contributed by atoms with Gasteiger partial charge in [0.25, 0.3) is 11.8 Å². The van der Waals surface area contributed by atoms with Crippen molar-refractivity contribution in [3.05, 3.63) is 191 Å². The predicted molar refractivity (Wildman–Crippen MR) is 197 cm³/mol. The van der Waals surface area contributed by atoms with Gasteiger partial charge < -0.3 is 15.2 Å². The molecular weight excluding hydrogens is 604 g/mol. The molecule has 1 aromatic heterocycles. The molecule has 0 aliphatic carbocycles. The smallest absolute Gasteiger partial charge is 0.255 e. The maximum absolute atomic E-state index is 13.4. The number of benzene rings is 5. The molecular formula is C43H42N4O2. The molecule has 0 saturated heterocycles. The highest BCUT2D eigenvalue weighted by atomic mass is 16.2. The molecule has 2 amide bonds. The first-order chi connectivity index (χ1) is 23.8. The molecule has 0 bridgehead atoms. The van der Waals surface area contributed by atoms with Gasteiger partial charge in [-0.1, -0.05) is 136 Å². The molecule has 1 heterocycles. The topological polar surface area (TPSA) is 76.0 Å². The molecule has 0 spiro atoms. The molecule has 246 valence electrons. The predicted octanol–water partition coefficient (Wildman–Crippen LogP) is 8.64. The molecule has 0 radical (unpaired) electrons. The van der Waals surface area contributed by atoms with Crippen molar-refractivity contribution in [2.75, 3.05) is 11.9 Å². The van der Waals surface area contributed by atoms with Crippen molar-refractivity contribution in [2.45, 2.75) is 44.6 Å². The molecule has 5 aromatic carbocycles. The summed E-state index contributed by atoms with van der Waals surface area (Å²) in [6.45, 7) is 6.85. The molecule has 2 N–H and O–H groups in total. The van der Waals surface area contributed by atoms with Crippen LogP contribution in [-0.2, 0) is 17.4 Å². The largest absolute Gasteiger partial charge is 0.352 e. The molecule has 6 nitrogen and oxygen atoms in total. The average Bonchev–Trinajstić information content (AvgIpc) is 3.60. The van der Waals surface area contributed by atoms with Crippen LogP contribution in [0.3, 0.4) is 0 Å². The number of nitrogens with zero attached hydrogens (tertiary/aromatic N) is 2. The van der Waals surface area contributed by atoms with Crippen LogP contribution in [0.5, 0.6) is 0 Å². The van der Waals surface area contributed by atoms with Gasteiger partial charge in [-0.15, -0.1) is 0 Å². The van der Waals surface area contributed by atoms with Gasteiger partial charge in [-0.05, 0) is 58.4 Å². The van der Waals surface area contributed by atoms with Crippen LogP contribution in [0.15, 0.2) is 152 Å². The summed E-state index contributed by atoms with van der Waals surface area (Å²) < 4.78 is 2.27. The standard InChI is InChI=1S/C43H42N4O2/c1-42(2,3)33-27-25-32(26-28-33)40(48)46-38-23-14-13-22-37(38)41(49)45-29-15-24-39-44-30-31-47(39)43(34-16-7-4-8-17-34,35-18-9-5-10-19-35)36-20-11-6-12-21-36/h4-14,16-23,25-28,30-31H,15,24,29H2,1-3H3,(H,45,49)(H,46,48). The van der Waals surface area contributed by atoms with Gasteiger partial charge in [-0.3, -0.25) is 9.59 Å². The summed E-state index contributed by atoms with van der Waals surface area (Å²) in [5, 5.41) is 6.00. The zero-order valence-corrected chi connectivity index (χ0v) is 28.3. The maximum Gasteiger partial charge on any atom is 0.255 e. The summed E-state index contributed by atoms with van der Waals surface area (Å²) in [6.07, 6.45) is 5.22. The van der Waals surface area contributed by atoms with Gasteiger partial charge in [0, 0.05) is 30.9 Å². The number of amides is 2. The van der Waals surface area contributed by atoms with Crippen molar-refractivity contribution in [2.24, 2.45) is 0 Å². The van der Waals surface area contributed by atoms with E-state index >= 15 is 0 Å². The summed E-state index contributed by atoms with van der Waals surface area (Å²) in [7, 11) is 0. The number of anilines is 1. The van der Waals surface area contributed by atoms with E-state index in [0.717, 1.165) is 28.1 Å². The normalized spacial score (nSPS) is 11.6. The second kappa shape index (κ2) is 14.6. The monoisotopic (exact) mass is 646 g/mol. The second-order valence-electron chi connectivity index (χ2n) is 13.2. The third kappa shape index (κ3) is 7.09.